The Hall–Kier alpha value is -2.99. The number of rotatable bonds is 3. The molecule has 1 N–H and O–H groups in total. The quantitative estimate of drug-likeness (QED) is 0.503. The van der Waals surface area contributed by atoms with Gasteiger partial charge in [0.05, 0.1) is 12.8 Å². The van der Waals surface area contributed by atoms with Gasteiger partial charge >= 0.3 is 0 Å². The summed E-state index contributed by atoms with van der Waals surface area (Å²) in [6.07, 6.45) is 1.57. The monoisotopic (exact) mass is 380 g/mol. The summed E-state index contributed by atoms with van der Waals surface area (Å²) < 4.78 is 5.25. The van der Waals surface area contributed by atoms with Gasteiger partial charge in [-0.25, -0.2) is 0 Å². The number of nitrogens with one attached hydrogen (secondary N) is 1. The largest absolute Gasteiger partial charge is 0.496 e. The van der Waals surface area contributed by atoms with Crippen molar-refractivity contribution in [3.05, 3.63) is 64.2 Å². The molecule has 0 bridgehead atoms. The van der Waals surface area contributed by atoms with Gasteiger partial charge in [-0.05, 0) is 74.0 Å². The lowest BCUT2D eigenvalue weighted by atomic mass is 10.0. The molecule has 0 radical (unpaired) electrons. The highest BCUT2D eigenvalue weighted by Crippen LogP contribution is 2.27. The Morgan fingerprint density at radius 2 is 1.78 bits per heavy atom. The average Bonchev–Trinajstić information content (AvgIpc) is 2.60. The third kappa shape index (κ3) is 3.61. The van der Waals surface area contributed by atoms with Crippen LogP contribution in [0.4, 0.5) is 5.69 Å². The molecule has 6 heteroatoms. The zero-order valence-corrected chi connectivity index (χ0v) is 16.4. The van der Waals surface area contributed by atoms with E-state index in [0.29, 0.717) is 5.69 Å². The number of anilines is 1. The van der Waals surface area contributed by atoms with Gasteiger partial charge in [-0.2, -0.15) is 0 Å². The van der Waals surface area contributed by atoms with Gasteiger partial charge in [-0.3, -0.25) is 19.8 Å². The molecule has 1 saturated heterocycles. The lowest BCUT2D eigenvalue weighted by molar-refractivity contribution is -0.122. The highest BCUT2D eigenvalue weighted by molar-refractivity contribution is 7.80. The first-order chi connectivity index (χ1) is 12.8. The summed E-state index contributed by atoms with van der Waals surface area (Å²) in [6, 6.07) is 11.2. The van der Waals surface area contributed by atoms with E-state index in [2.05, 4.69) is 5.32 Å². The number of aryl methyl sites for hydroxylation is 3. The van der Waals surface area contributed by atoms with Crippen LogP contribution in [0.1, 0.15) is 22.3 Å². The number of benzene rings is 2. The van der Waals surface area contributed by atoms with E-state index in [-0.39, 0.29) is 10.7 Å². The highest BCUT2D eigenvalue weighted by Gasteiger charge is 2.35. The Morgan fingerprint density at radius 3 is 2.41 bits per heavy atom. The molecule has 0 spiro atoms. The molecule has 0 atom stereocenters. The first kappa shape index (κ1) is 18.8. The van der Waals surface area contributed by atoms with Gasteiger partial charge < -0.3 is 4.74 Å². The number of hydrogen-bond acceptors (Lipinski definition) is 4. The molecule has 0 aromatic heterocycles. The zero-order valence-electron chi connectivity index (χ0n) is 15.6. The van der Waals surface area contributed by atoms with Gasteiger partial charge in [0.15, 0.2) is 5.11 Å². The van der Waals surface area contributed by atoms with Crippen molar-refractivity contribution in [2.45, 2.75) is 20.8 Å². The Balaban J connectivity index is 2.03. The van der Waals surface area contributed by atoms with Gasteiger partial charge in [0.25, 0.3) is 11.8 Å². The van der Waals surface area contributed by atoms with E-state index in [1.54, 1.807) is 25.3 Å². The molecule has 0 saturated carbocycles. The van der Waals surface area contributed by atoms with Crippen LogP contribution in [0.15, 0.2) is 42.0 Å². The minimum absolute atomic E-state index is 0.0353. The number of amides is 2. The van der Waals surface area contributed by atoms with Crippen molar-refractivity contribution in [3.63, 3.8) is 0 Å². The van der Waals surface area contributed by atoms with Crippen LogP contribution in [0.2, 0.25) is 0 Å². The maximum atomic E-state index is 13.1. The molecule has 0 aliphatic carbocycles. The highest BCUT2D eigenvalue weighted by atomic mass is 32.1. The lowest BCUT2D eigenvalue weighted by Gasteiger charge is -2.30. The SMILES string of the molecule is COc1ccc(/C=C2\C(=O)NC(=S)N(c3ccc(C)cc3C)C2=O)cc1C. The van der Waals surface area contributed by atoms with Crippen molar-refractivity contribution in [2.75, 3.05) is 12.0 Å². The van der Waals surface area contributed by atoms with Gasteiger partial charge in [-0.1, -0.05) is 23.8 Å². The molecule has 1 aliphatic heterocycles. The molecule has 138 valence electrons. The number of methoxy groups -OCH3 is 1. The topological polar surface area (TPSA) is 58.6 Å². The van der Waals surface area contributed by atoms with Crippen LogP contribution in [0.5, 0.6) is 5.75 Å². The minimum atomic E-state index is -0.500. The van der Waals surface area contributed by atoms with E-state index in [9.17, 15) is 9.59 Å². The molecular formula is C21H20N2O3S. The lowest BCUT2D eigenvalue weighted by Crippen LogP contribution is -2.54. The minimum Gasteiger partial charge on any atom is -0.496 e. The fourth-order valence-electron chi connectivity index (χ4n) is 3.09. The summed E-state index contributed by atoms with van der Waals surface area (Å²) in [7, 11) is 1.60. The Kier molecular flexibility index (Phi) is 5.10. The second kappa shape index (κ2) is 7.32. The smallest absolute Gasteiger partial charge is 0.270 e. The molecule has 1 heterocycles. The van der Waals surface area contributed by atoms with Gasteiger partial charge in [0.1, 0.15) is 11.3 Å². The number of nitrogens with zero attached hydrogens (tertiary/aromatic N) is 1. The predicted octanol–water partition coefficient (Wildman–Crippen LogP) is 3.45. The van der Waals surface area contributed by atoms with Crippen molar-refractivity contribution in [3.8, 4) is 5.75 Å². The van der Waals surface area contributed by atoms with Crippen LogP contribution in [0, 0.1) is 20.8 Å². The van der Waals surface area contributed by atoms with Crippen molar-refractivity contribution < 1.29 is 14.3 Å². The average molecular weight is 380 g/mol. The molecule has 2 amide bonds. The second-order valence-corrected chi connectivity index (χ2v) is 6.86. The van der Waals surface area contributed by atoms with Gasteiger partial charge in [0, 0.05) is 0 Å². The van der Waals surface area contributed by atoms with Crippen LogP contribution >= 0.6 is 12.2 Å². The molecule has 1 fully saturated rings. The van der Waals surface area contributed by atoms with Crippen LogP contribution in [0.3, 0.4) is 0 Å². The molecular weight excluding hydrogens is 360 g/mol. The van der Waals surface area contributed by atoms with Crippen LogP contribution in [-0.2, 0) is 9.59 Å². The number of carbonyl (C=O) groups excluding carboxylic acids is 2. The van der Waals surface area contributed by atoms with E-state index in [4.69, 9.17) is 17.0 Å². The summed E-state index contributed by atoms with van der Waals surface area (Å²) in [5, 5.41) is 2.70. The third-order valence-corrected chi connectivity index (χ3v) is 4.71. The predicted molar refractivity (Wildman–Crippen MR) is 110 cm³/mol. The second-order valence-electron chi connectivity index (χ2n) is 6.48. The fourth-order valence-corrected chi connectivity index (χ4v) is 3.36. The van der Waals surface area contributed by atoms with E-state index in [1.165, 1.54) is 4.90 Å². The Morgan fingerprint density at radius 1 is 1.04 bits per heavy atom. The number of ether oxygens (including phenoxy) is 1. The van der Waals surface area contributed by atoms with E-state index < -0.39 is 11.8 Å². The van der Waals surface area contributed by atoms with Gasteiger partial charge in [-0.15, -0.1) is 0 Å². The maximum absolute atomic E-state index is 13.1. The van der Waals surface area contributed by atoms with E-state index in [1.807, 2.05) is 45.0 Å². The van der Waals surface area contributed by atoms with Crippen LogP contribution in [0.25, 0.3) is 6.08 Å². The molecule has 3 rings (SSSR count). The van der Waals surface area contributed by atoms with Crippen molar-refractivity contribution in [2.24, 2.45) is 0 Å². The molecule has 2 aromatic carbocycles. The summed E-state index contributed by atoms with van der Waals surface area (Å²) in [5.74, 6) is -0.196. The third-order valence-electron chi connectivity index (χ3n) is 4.42. The van der Waals surface area contributed by atoms with Crippen molar-refractivity contribution in [1.29, 1.82) is 0 Å². The number of hydrogen-bond donors (Lipinski definition) is 1. The van der Waals surface area contributed by atoms with Crippen molar-refractivity contribution >= 4 is 40.9 Å². The molecule has 5 nitrogen and oxygen atoms in total. The molecule has 0 unspecified atom stereocenters. The summed E-state index contributed by atoms with van der Waals surface area (Å²) in [6.45, 7) is 5.79. The van der Waals surface area contributed by atoms with Gasteiger partial charge in [0.2, 0.25) is 0 Å². The first-order valence-electron chi connectivity index (χ1n) is 8.45. The van der Waals surface area contributed by atoms with Crippen LogP contribution in [-0.4, -0.2) is 24.0 Å². The van der Waals surface area contributed by atoms with E-state index >= 15 is 0 Å². The van der Waals surface area contributed by atoms with E-state index in [0.717, 1.165) is 28.0 Å². The molecule has 2 aromatic rings. The summed E-state index contributed by atoms with van der Waals surface area (Å²) >= 11 is 5.26. The maximum Gasteiger partial charge on any atom is 0.270 e. The normalized spacial score (nSPS) is 15.9. The zero-order chi connectivity index (χ0) is 19.7. The fraction of sp³-hybridized carbons (Fsp3) is 0.190. The summed E-state index contributed by atoms with van der Waals surface area (Å²) in [5.41, 5.74) is 4.33. The molecule has 27 heavy (non-hydrogen) atoms. The summed E-state index contributed by atoms with van der Waals surface area (Å²) in [4.78, 5) is 26.9. The molecule has 1 aliphatic rings. The Bertz CT molecular complexity index is 995. The van der Waals surface area contributed by atoms with Crippen molar-refractivity contribution in [1.82, 2.24) is 5.32 Å². The first-order valence-corrected chi connectivity index (χ1v) is 8.86. The number of carbonyl (C=O) groups is 2. The van der Waals surface area contributed by atoms with Crippen LogP contribution < -0.4 is 15.0 Å². The standard InChI is InChI=1S/C21H20N2O3S/c1-12-5-7-17(13(2)9-12)23-20(25)16(19(24)22-21(23)27)11-15-6-8-18(26-4)14(3)10-15/h5-11H,1-4H3,(H,22,24,27)/b16-11+. The number of thiocarbonyl (C=S) groups is 1. The Labute approximate surface area is 163 Å².